The van der Waals surface area contributed by atoms with Gasteiger partial charge in [0.25, 0.3) is 0 Å². The molecule has 0 aliphatic carbocycles. The molecule has 0 saturated heterocycles. The molecule has 0 bridgehead atoms. The Morgan fingerprint density at radius 3 is 2.72 bits per heavy atom. The van der Waals surface area contributed by atoms with Gasteiger partial charge in [-0.1, -0.05) is 38.1 Å². The highest BCUT2D eigenvalue weighted by molar-refractivity contribution is 5.46. The SMILES string of the molecule is COc1ccccc1Cc1c(CNCCC(C)C)nc2ccccn12. The first kappa shape index (κ1) is 17.5. The molecule has 25 heavy (non-hydrogen) atoms. The number of fused-ring (bicyclic) bond motifs is 1. The standard InChI is InChI=1S/C21H27N3O/c1-16(2)11-12-22-15-18-19(24-13-7-6-10-21(24)23-18)14-17-8-4-5-9-20(17)25-3/h4-10,13,16,22H,11-12,14-15H2,1-3H3. The summed E-state index contributed by atoms with van der Waals surface area (Å²) in [7, 11) is 1.72. The zero-order chi connectivity index (χ0) is 17.6. The average Bonchev–Trinajstić information content (AvgIpc) is 2.97. The fraction of sp³-hybridized carbons (Fsp3) is 0.381. The Bertz CT molecular complexity index is 823. The Morgan fingerprint density at radius 1 is 1.12 bits per heavy atom. The van der Waals surface area contributed by atoms with Crippen LogP contribution in [0.1, 0.15) is 37.2 Å². The number of hydrogen-bond donors (Lipinski definition) is 1. The smallest absolute Gasteiger partial charge is 0.137 e. The number of rotatable bonds is 8. The van der Waals surface area contributed by atoms with E-state index < -0.39 is 0 Å². The lowest BCUT2D eigenvalue weighted by atomic mass is 10.1. The lowest BCUT2D eigenvalue weighted by Gasteiger charge is -2.10. The molecule has 2 aromatic heterocycles. The molecule has 3 aromatic rings. The number of imidazole rings is 1. The fourth-order valence-corrected chi connectivity index (χ4v) is 3.05. The molecule has 0 aliphatic heterocycles. The summed E-state index contributed by atoms with van der Waals surface area (Å²) in [6.45, 7) is 6.30. The van der Waals surface area contributed by atoms with Crippen molar-refractivity contribution in [2.24, 2.45) is 5.92 Å². The summed E-state index contributed by atoms with van der Waals surface area (Å²) in [4.78, 5) is 4.84. The van der Waals surface area contributed by atoms with Gasteiger partial charge in [0.05, 0.1) is 18.5 Å². The van der Waals surface area contributed by atoms with E-state index in [-0.39, 0.29) is 0 Å². The first-order valence-electron chi connectivity index (χ1n) is 8.96. The van der Waals surface area contributed by atoms with Crippen LogP contribution in [-0.2, 0) is 13.0 Å². The molecule has 0 radical (unpaired) electrons. The van der Waals surface area contributed by atoms with Crippen LogP contribution in [0.25, 0.3) is 5.65 Å². The first-order valence-corrected chi connectivity index (χ1v) is 8.96. The van der Waals surface area contributed by atoms with Crippen LogP contribution in [0.15, 0.2) is 48.7 Å². The fourth-order valence-electron chi connectivity index (χ4n) is 3.05. The van der Waals surface area contributed by atoms with Crippen molar-refractivity contribution in [3.05, 3.63) is 65.6 Å². The largest absolute Gasteiger partial charge is 0.496 e. The molecule has 0 spiro atoms. The number of para-hydroxylation sites is 1. The van der Waals surface area contributed by atoms with E-state index in [2.05, 4.69) is 54.0 Å². The topological polar surface area (TPSA) is 38.6 Å². The first-order chi connectivity index (χ1) is 12.2. The van der Waals surface area contributed by atoms with Gasteiger partial charge in [0, 0.05) is 24.7 Å². The Hall–Kier alpha value is -2.33. The number of aromatic nitrogens is 2. The van der Waals surface area contributed by atoms with Gasteiger partial charge in [-0.15, -0.1) is 0 Å². The van der Waals surface area contributed by atoms with Crippen molar-refractivity contribution in [2.45, 2.75) is 33.2 Å². The molecule has 0 aliphatic rings. The van der Waals surface area contributed by atoms with Gasteiger partial charge in [-0.25, -0.2) is 4.98 Å². The summed E-state index contributed by atoms with van der Waals surface area (Å²) in [5, 5.41) is 3.54. The minimum Gasteiger partial charge on any atom is -0.496 e. The van der Waals surface area contributed by atoms with Crippen LogP contribution in [0.2, 0.25) is 0 Å². The molecule has 4 heteroatoms. The number of benzene rings is 1. The Kier molecular flexibility index (Phi) is 5.71. The van der Waals surface area contributed by atoms with E-state index in [9.17, 15) is 0 Å². The molecule has 0 saturated carbocycles. The highest BCUT2D eigenvalue weighted by atomic mass is 16.5. The summed E-state index contributed by atoms with van der Waals surface area (Å²) in [5.41, 5.74) is 4.50. The second kappa shape index (κ2) is 8.17. The van der Waals surface area contributed by atoms with E-state index in [0.717, 1.165) is 36.6 Å². The summed E-state index contributed by atoms with van der Waals surface area (Å²) in [5.74, 6) is 1.63. The van der Waals surface area contributed by atoms with E-state index >= 15 is 0 Å². The number of methoxy groups -OCH3 is 1. The van der Waals surface area contributed by atoms with E-state index in [0.29, 0.717) is 5.92 Å². The number of nitrogens with zero attached hydrogens (tertiary/aromatic N) is 2. The predicted molar refractivity (Wildman–Crippen MR) is 102 cm³/mol. The van der Waals surface area contributed by atoms with Crippen LogP contribution in [-0.4, -0.2) is 23.0 Å². The molecule has 0 unspecified atom stereocenters. The van der Waals surface area contributed by atoms with Gasteiger partial charge in [-0.2, -0.15) is 0 Å². The van der Waals surface area contributed by atoms with Crippen LogP contribution in [0.3, 0.4) is 0 Å². The molecule has 1 N–H and O–H groups in total. The number of ether oxygens (including phenoxy) is 1. The molecule has 2 heterocycles. The van der Waals surface area contributed by atoms with Crippen LogP contribution in [0, 0.1) is 5.92 Å². The lowest BCUT2D eigenvalue weighted by Crippen LogP contribution is -2.17. The van der Waals surface area contributed by atoms with E-state index in [1.54, 1.807) is 7.11 Å². The zero-order valence-corrected chi connectivity index (χ0v) is 15.3. The second-order valence-electron chi connectivity index (χ2n) is 6.78. The molecule has 4 nitrogen and oxygen atoms in total. The Labute approximate surface area is 149 Å². The highest BCUT2D eigenvalue weighted by Crippen LogP contribution is 2.23. The maximum absolute atomic E-state index is 5.53. The normalized spacial score (nSPS) is 11.4. The van der Waals surface area contributed by atoms with E-state index in [1.807, 2.05) is 18.2 Å². The Morgan fingerprint density at radius 2 is 1.92 bits per heavy atom. The zero-order valence-electron chi connectivity index (χ0n) is 15.3. The van der Waals surface area contributed by atoms with Crippen LogP contribution < -0.4 is 10.1 Å². The predicted octanol–water partition coefficient (Wildman–Crippen LogP) is 4.07. The van der Waals surface area contributed by atoms with Crippen molar-refractivity contribution in [1.29, 1.82) is 0 Å². The molecule has 0 amide bonds. The van der Waals surface area contributed by atoms with Gasteiger partial charge in [-0.05, 0) is 37.1 Å². The summed E-state index contributed by atoms with van der Waals surface area (Å²) in [6, 6.07) is 14.3. The molecule has 3 rings (SSSR count). The third-order valence-corrected chi connectivity index (χ3v) is 4.45. The van der Waals surface area contributed by atoms with Gasteiger partial charge < -0.3 is 14.5 Å². The lowest BCUT2D eigenvalue weighted by molar-refractivity contribution is 0.410. The minimum absolute atomic E-state index is 0.710. The van der Waals surface area contributed by atoms with Crippen molar-refractivity contribution < 1.29 is 4.74 Å². The van der Waals surface area contributed by atoms with Gasteiger partial charge in [-0.3, -0.25) is 0 Å². The monoisotopic (exact) mass is 337 g/mol. The van der Waals surface area contributed by atoms with Gasteiger partial charge in [0.15, 0.2) is 0 Å². The maximum atomic E-state index is 5.53. The van der Waals surface area contributed by atoms with Crippen molar-refractivity contribution in [2.75, 3.05) is 13.7 Å². The van der Waals surface area contributed by atoms with Crippen LogP contribution in [0.4, 0.5) is 0 Å². The third kappa shape index (κ3) is 4.20. The van der Waals surface area contributed by atoms with Gasteiger partial charge >= 0.3 is 0 Å². The number of hydrogen-bond acceptors (Lipinski definition) is 3. The van der Waals surface area contributed by atoms with Crippen LogP contribution >= 0.6 is 0 Å². The highest BCUT2D eigenvalue weighted by Gasteiger charge is 2.14. The molecular formula is C21H27N3O. The van der Waals surface area contributed by atoms with E-state index in [4.69, 9.17) is 9.72 Å². The van der Waals surface area contributed by atoms with E-state index in [1.165, 1.54) is 17.7 Å². The van der Waals surface area contributed by atoms with Crippen molar-refractivity contribution in [3.8, 4) is 5.75 Å². The molecule has 0 fully saturated rings. The number of nitrogens with one attached hydrogen (secondary N) is 1. The summed E-state index contributed by atoms with van der Waals surface area (Å²) in [6.07, 6.45) is 4.07. The molecular weight excluding hydrogens is 310 g/mol. The summed E-state index contributed by atoms with van der Waals surface area (Å²) >= 11 is 0. The number of pyridine rings is 1. The van der Waals surface area contributed by atoms with Crippen molar-refractivity contribution in [3.63, 3.8) is 0 Å². The Balaban J connectivity index is 1.88. The second-order valence-corrected chi connectivity index (χ2v) is 6.78. The minimum atomic E-state index is 0.710. The van der Waals surface area contributed by atoms with Crippen LogP contribution in [0.5, 0.6) is 5.75 Å². The molecule has 132 valence electrons. The van der Waals surface area contributed by atoms with Gasteiger partial charge in [0.1, 0.15) is 11.4 Å². The summed E-state index contributed by atoms with van der Waals surface area (Å²) < 4.78 is 7.71. The third-order valence-electron chi connectivity index (χ3n) is 4.45. The van der Waals surface area contributed by atoms with Gasteiger partial charge in [0.2, 0.25) is 0 Å². The van der Waals surface area contributed by atoms with Crippen molar-refractivity contribution >= 4 is 5.65 Å². The van der Waals surface area contributed by atoms with Crippen molar-refractivity contribution in [1.82, 2.24) is 14.7 Å². The quantitative estimate of drug-likeness (QED) is 0.630. The molecule has 0 atom stereocenters. The average molecular weight is 337 g/mol. The molecule has 1 aromatic carbocycles. The maximum Gasteiger partial charge on any atom is 0.137 e.